The van der Waals surface area contributed by atoms with Crippen LogP contribution in [0.1, 0.15) is 16.1 Å². The van der Waals surface area contributed by atoms with Crippen molar-refractivity contribution in [2.24, 2.45) is 0 Å². The first-order valence-corrected chi connectivity index (χ1v) is 6.02. The van der Waals surface area contributed by atoms with Gasteiger partial charge in [-0.2, -0.15) is 0 Å². The molecule has 1 aromatic carbocycles. The lowest BCUT2D eigenvalue weighted by molar-refractivity contribution is 0.111. The lowest BCUT2D eigenvalue weighted by Gasteiger charge is -2.02. The molecule has 0 radical (unpaired) electrons. The van der Waals surface area contributed by atoms with E-state index in [-0.39, 0.29) is 5.82 Å². The molecule has 94 valence electrons. The fourth-order valence-corrected chi connectivity index (χ4v) is 2.31. The van der Waals surface area contributed by atoms with Crippen molar-refractivity contribution in [3.05, 3.63) is 65.7 Å². The maximum atomic E-state index is 13.9. The van der Waals surface area contributed by atoms with Gasteiger partial charge in [-0.15, -0.1) is 0 Å². The van der Waals surface area contributed by atoms with Crippen molar-refractivity contribution in [1.29, 1.82) is 0 Å². The molecule has 2 aromatic heterocycles. The van der Waals surface area contributed by atoms with Gasteiger partial charge in [0, 0.05) is 22.8 Å². The molecule has 0 saturated heterocycles. The minimum Gasteiger partial charge on any atom is -0.313 e. The summed E-state index contributed by atoms with van der Waals surface area (Å²) in [4.78, 5) is 11.4. The van der Waals surface area contributed by atoms with E-state index in [0.29, 0.717) is 16.8 Å². The molecular formula is C16H12FNO. The predicted molar refractivity (Wildman–Crippen MR) is 72.9 cm³/mol. The Kier molecular flexibility index (Phi) is 2.67. The summed E-state index contributed by atoms with van der Waals surface area (Å²) in [5.41, 5.74) is 3.48. The summed E-state index contributed by atoms with van der Waals surface area (Å²) >= 11 is 0. The largest absolute Gasteiger partial charge is 0.313 e. The average molecular weight is 253 g/mol. The zero-order valence-corrected chi connectivity index (χ0v) is 10.4. The van der Waals surface area contributed by atoms with Gasteiger partial charge in [0.25, 0.3) is 0 Å². The monoisotopic (exact) mass is 253 g/mol. The van der Waals surface area contributed by atoms with E-state index < -0.39 is 0 Å². The molecule has 2 nitrogen and oxygen atoms in total. The van der Waals surface area contributed by atoms with E-state index in [1.807, 2.05) is 31.3 Å². The van der Waals surface area contributed by atoms with Crippen LogP contribution in [0.15, 0.2) is 48.7 Å². The summed E-state index contributed by atoms with van der Waals surface area (Å²) in [5, 5.41) is 0. The van der Waals surface area contributed by atoms with Crippen LogP contribution in [0.5, 0.6) is 0 Å². The topological polar surface area (TPSA) is 21.5 Å². The molecule has 0 bridgehead atoms. The van der Waals surface area contributed by atoms with Crippen LogP contribution in [0.25, 0.3) is 16.6 Å². The molecule has 0 saturated carbocycles. The maximum Gasteiger partial charge on any atom is 0.167 e. The lowest BCUT2D eigenvalue weighted by atomic mass is 10.1. The van der Waals surface area contributed by atoms with E-state index in [2.05, 4.69) is 0 Å². The molecule has 0 aliphatic heterocycles. The van der Waals surface area contributed by atoms with Gasteiger partial charge >= 0.3 is 0 Å². The van der Waals surface area contributed by atoms with Gasteiger partial charge in [0.2, 0.25) is 0 Å². The van der Waals surface area contributed by atoms with Crippen molar-refractivity contribution in [2.45, 2.75) is 6.92 Å². The van der Waals surface area contributed by atoms with Gasteiger partial charge in [-0.25, -0.2) is 4.39 Å². The SMILES string of the molecule is Cc1ccc2cc(-c3ccccc3F)c(C=O)n2c1. The average Bonchev–Trinajstić information content (AvgIpc) is 2.76. The van der Waals surface area contributed by atoms with Crippen LogP contribution >= 0.6 is 0 Å². The number of nitrogens with zero attached hydrogens (tertiary/aromatic N) is 1. The Morgan fingerprint density at radius 2 is 1.89 bits per heavy atom. The summed E-state index contributed by atoms with van der Waals surface area (Å²) in [5.74, 6) is -0.321. The van der Waals surface area contributed by atoms with Crippen LogP contribution in [0.3, 0.4) is 0 Å². The fourth-order valence-electron chi connectivity index (χ4n) is 2.31. The Labute approximate surface area is 110 Å². The number of hydrogen-bond acceptors (Lipinski definition) is 1. The second-order valence-electron chi connectivity index (χ2n) is 4.54. The third-order valence-corrected chi connectivity index (χ3v) is 3.23. The molecule has 0 amide bonds. The van der Waals surface area contributed by atoms with E-state index in [0.717, 1.165) is 17.4 Å². The van der Waals surface area contributed by atoms with E-state index in [1.54, 1.807) is 22.6 Å². The number of carbonyl (C=O) groups excluding carboxylic acids is 1. The number of aryl methyl sites for hydroxylation is 1. The van der Waals surface area contributed by atoms with Crippen molar-refractivity contribution in [3.8, 4) is 11.1 Å². The number of hydrogen-bond donors (Lipinski definition) is 0. The molecule has 3 aromatic rings. The highest BCUT2D eigenvalue weighted by molar-refractivity contribution is 5.90. The molecule has 3 rings (SSSR count). The predicted octanol–water partition coefficient (Wildman–Crippen LogP) is 3.87. The Morgan fingerprint density at radius 3 is 2.63 bits per heavy atom. The second kappa shape index (κ2) is 4.35. The number of aldehydes is 1. The van der Waals surface area contributed by atoms with E-state index >= 15 is 0 Å². The number of pyridine rings is 1. The summed E-state index contributed by atoms with van der Waals surface area (Å²) in [7, 11) is 0. The molecule has 0 spiro atoms. The zero-order valence-electron chi connectivity index (χ0n) is 10.4. The van der Waals surface area contributed by atoms with E-state index in [1.165, 1.54) is 6.07 Å². The van der Waals surface area contributed by atoms with Crippen molar-refractivity contribution >= 4 is 11.8 Å². The molecule has 0 unspecified atom stereocenters. The summed E-state index contributed by atoms with van der Waals surface area (Å²) in [6.07, 6.45) is 2.65. The molecule has 0 atom stereocenters. The maximum absolute atomic E-state index is 13.9. The number of fused-ring (bicyclic) bond motifs is 1. The highest BCUT2D eigenvalue weighted by Gasteiger charge is 2.14. The second-order valence-corrected chi connectivity index (χ2v) is 4.54. The van der Waals surface area contributed by atoms with Gasteiger partial charge in [-0.05, 0) is 30.7 Å². The summed E-state index contributed by atoms with van der Waals surface area (Å²) < 4.78 is 15.7. The van der Waals surface area contributed by atoms with Crippen LogP contribution in [0, 0.1) is 12.7 Å². The Morgan fingerprint density at radius 1 is 1.11 bits per heavy atom. The molecular weight excluding hydrogens is 241 g/mol. The van der Waals surface area contributed by atoms with Gasteiger partial charge in [-0.1, -0.05) is 24.3 Å². The Bertz CT molecular complexity index is 774. The third-order valence-electron chi connectivity index (χ3n) is 3.23. The van der Waals surface area contributed by atoms with Gasteiger partial charge in [-0.3, -0.25) is 4.79 Å². The van der Waals surface area contributed by atoms with Crippen molar-refractivity contribution in [2.75, 3.05) is 0 Å². The van der Waals surface area contributed by atoms with Gasteiger partial charge in [0.15, 0.2) is 6.29 Å². The van der Waals surface area contributed by atoms with Crippen LogP contribution in [0.4, 0.5) is 4.39 Å². The fraction of sp³-hybridized carbons (Fsp3) is 0.0625. The smallest absolute Gasteiger partial charge is 0.167 e. The minimum absolute atomic E-state index is 0.321. The van der Waals surface area contributed by atoms with E-state index in [9.17, 15) is 9.18 Å². The number of carbonyl (C=O) groups is 1. The molecule has 3 heteroatoms. The molecule has 0 aliphatic carbocycles. The normalized spacial score (nSPS) is 10.8. The standard InChI is InChI=1S/C16H12FNO/c1-11-6-7-12-8-14(16(10-19)18(12)9-11)13-4-2-3-5-15(13)17/h2-10H,1H3. The lowest BCUT2D eigenvalue weighted by Crippen LogP contribution is -1.94. The first-order chi connectivity index (χ1) is 9.20. The van der Waals surface area contributed by atoms with Gasteiger partial charge in [0.05, 0.1) is 5.69 Å². The van der Waals surface area contributed by atoms with E-state index in [4.69, 9.17) is 0 Å². The number of rotatable bonds is 2. The van der Waals surface area contributed by atoms with Crippen LogP contribution < -0.4 is 0 Å². The quantitative estimate of drug-likeness (QED) is 0.635. The van der Waals surface area contributed by atoms with Crippen LogP contribution in [-0.2, 0) is 0 Å². The van der Waals surface area contributed by atoms with Crippen molar-refractivity contribution < 1.29 is 9.18 Å². The highest BCUT2D eigenvalue weighted by atomic mass is 19.1. The van der Waals surface area contributed by atoms with Crippen molar-refractivity contribution in [3.63, 3.8) is 0 Å². The third kappa shape index (κ3) is 1.83. The van der Waals surface area contributed by atoms with Crippen LogP contribution in [-0.4, -0.2) is 10.7 Å². The molecule has 0 N–H and O–H groups in total. The van der Waals surface area contributed by atoms with Crippen molar-refractivity contribution in [1.82, 2.24) is 4.40 Å². The zero-order chi connectivity index (χ0) is 13.4. The number of halogens is 1. The molecule has 0 aliphatic rings. The minimum atomic E-state index is -0.321. The number of benzene rings is 1. The first-order valence-electron chi connectivity index (χ1n) is 6.02. The summed E-state index contributed by atoms with van der Waals surface area (Å²) in [6.45, 7) is 1.96. The Hall–Kier alpha value is -2.42. The first kappa shape index (κ1) is 11.7. The number of aromatic nitrogens is 1. The van der Waals surface area contributed by atoms with Crippen LogP contribution in [0.2, 0.25) is 0 Å². The molecule has 19 heavy (non-hydrogen) atoms. The van der Waals surface area contributed by atoms with Gasteiger partial charge in [0.1, 0.15) is 5.82 Å². The molecule has 2 heterocycles. The van der Waals surface area contributed by atoms with Gasteiger partial charge < -0.3 is 4.40 Å². The highest BCUT2D eigenvalue weighted by Crippen LogP contribution is 2.29. The Balaban J connectivity index is 2.36. The summed E-state index contributed by atoms with van der Waals surface area (Å²) in [6, 6.07) is 12.2. The molecule has 0 fully saturated rings.